The minimum Gasteiger partial charge on any atom is -1.00 e. The molecule has 1 aliphatic heterocycles. The van der Waals surface area contributed by atoms with Crippen molar-refractivity contribution in [2.75, 3.05) is 26.2 Å². The maximum atomic E-state index is 12.6. The van der Waals surface area contributed by atoms with Crippen molar-refractivity contribution in [3.05, 3.63) is 17.7 Å². The van der Waals surface area contributed by atoms with Crippen molar-refractivity contribution in [3.63, 3.8) is 0 Å². The van der Waals surface area contributed by atoms with E-state index in [1.54, 1.807) is 25.7 Å². The Kier molecular flexibility index (Phi) is 7.58. The van der Waals surface area contributed by atoms with E-state index in [-0.39, 0.29) is 29.7 Å². The molecule has 0 aromatic carbocycles. The fourth-order valence-electron chi connectivity index (χ4n) is 2.46. The summed E-state index contributed by atoms with van der Waals surface area (Å²) in [5.74, 6) is -1.40. The average molecular weight is 388 g/mol. The van der Waals surface area contributed by atoms with Gasteiger partial charge in [0.25, 0.3) is 11.8 Å². The summed E-state index contributed by atoms with van der Waals surface area (Å²) in [4.78, 5) is 45.3. The number of rotatable bonds is 4. The molecule has 4 N–H and O–H groups in total. The lowest BCUT2D eigenvalue weighted by atomic mass is 10.2. The summed E-state index contributed by atoms with van der Waals surface area (Å²) < 4.78 is 5.23. The molecule has 1 aromatic heterocycles. The van der Waals surface area contributed by atoms with E-state index in [9.17, 15) is 14.4 Å². The van der Waals surface area contributed by atoms with Gasteiger partial charge in [-0.2, -0.15) is 0 Å². The maximum Gasteiger partial charge on any atom is 0.328 e. The first-order chi connectivity index (χ1) is 11.7. The van der Waals surface area contributed by atoms with Crippen molar-refractivity contribution in [2.24, 2.45) is 0 Å². The SMILES string of the molecule is C[C@H](NC(=O)c1nc[nH]c1C(=O)N1CC[NH2+]CC1)C(=O)OC(C)(C)C.[Cl-]. The van der Waals surface area contributed by atoms with Gasteiger partial charge < -0.3 is 37.7 Å². The Morgan fingerprint density at radius 3 is 2.50 bits per heavy atom. The number of quaternary nitrogens is 1. The molecule has 1 atom stereocenters. The summed E-state index contributed by atoms with van der Waals surface area (Å²) in [6, 6.07) is -0.851. The van der Waals surface area contributed by atoms with Gasteiger partial charge in [0, 0.05) is 0 Å². The lowest BCUT2D eigenvalue weighted by Gasteiger charge is -2.25. The first-order valence-corrected chi connectivity index (χ1v) is 8.37. The van der Waals surface area contributed by atoms with Crippen LogP contribution in [0.15, 0.2) is 6.33 Å². The van der Waals surface area contributed by atoms with Crippen LogP contribution >= 0.6 is 0 Å². The van der Waals surface area contributed by atoms with Crippen LogP contribution in [0.1, 0.15) is 48.7 Å². The first-order valence-electron chi connectivity index (χ1n) is 8.37. The average Bonchev–Trinajstić information content (AvgIpc) is 3.03. The molecule has 9 nitrogen and oxygen atoms in total. The quantitative estimate of drug-likeness (QED) is 0.453. The number of ether oxygens (including phenoxy) is 1. The molecule has 10 heteroatoms. The number of carbonyl (C=O) groups is 3. The lowest BCUT2D eigenvalue weighted by molar-refractivity contribution is -0.661. The second-order valence-electron chi connectivity index (χ2n) is 7.01. The highest BCUT2D eigenvalue weighted by Gasteiger charge is 2.29. The van der Waals surface area contributed by atoms with Crippen LogP contribution in [0, 0.1) is 0 Å². The van der Waals surface area contributed by atoms with E-state index in [2.05, 4.69) is 20.6 Å². The number of nitrogens with zero attached hydrogens (tertiary/aromatic N) is 2. The van der Waals surface area contributed by atoms with Gasteiger partial charge in [-0.25, -0.2) is 9.78 Å². The zero-order chi connectivity index (χ0) is 18.6. The number of piperazine rings is 1. The van der Waals surface area contributed by atoms with Crippen molar-refractivity contribution < 1.29 is 36.8 Å². The molecule has 26 heavy (non-hydrogen) atoms. The van der Waals surface area contributed by atoms with Crippen LogP contribution in [0.25, 0.3) is 0 Å². The van der Waals surface area contributed by atoms with Gasteiger partial charge in [-0.3, -0.25) is 9.59 Å². The normalized spacial score (nSPS) is 15.6. The lowest BCUT2D eigenvalue weighted by Crippen LogP contribution is -3.00. The molecule has 0 saturated carbocycles. The highest BCUT2D eigenvalue weighted by molar-refractivity contribution is 6.05. The number of esters is 1. The maximum absolute atomic E-state index is 12.6. The summed E-state index contributed by atoms with van der Waals surface area (Å²) in [7, 11) is 0. The number of aromatic nitrogens is 2. The van der Waals surface area contributed by atoms with Gasteiger partial charge in [-0.05, 0) is 27.7 Å². The second-order valence-corrected chi connectivity index (χ2v) is 7.01. The largest absolute Gasteiger partial charge is 1.00 e. The van der Waals surface area contributed by atoms with E-state index in [0.717, 1.165) is 13.1 Å². The highest BCUT2D eigenvalue weighted by atomic mass is 35.5. The minimum atomic E-state index is -0.851. The molecule has 1 aliphatic rings. The standard InChI is InChI=1S/C16H25N5O4.ClH/c1-10(15(24)25-16(2,3)4)20-13(22)11-12(19-9-18-11)14(23)21-7-5-17-6-8-21;/h9-10,17H,5-8H2,1-4H3,(H,18,19)(H,20,22);1H/t10-;/m0./s1. The number of nitrogens with one attached hydrogen (secondary N) is 2. The van der Waals surface area contributed by atoms with Crippen molar-refractivity contribution in [1.29, 1.82) is 0 Å². The highest BCUT2D eigenvalue weighted by Crippen LogP contribution is 2.10. The molecular formula is C16H26ClN5O4. The number of aromatic amines is 1. The van der Waals surface area contributed by atoms with Crippen LogP contribution in [-0.4, -0.2) is 70.5 Å². The molecule has 0 unspecified atom stereocenters. The van der Waals surface area contributed by atoms with E-state index in [0.29, 0.717) is 13.1 Å². The molecule has 2 rings (SSSR count). The molecule has 0 spiro atoms. The molecule has 0 bridgehead atoms. The smallest absolute Gasteiger partial charge is 0.328 e. The number of nitrogens with two attached hydrogens (primary N) is 1. The van der Waals surface area contributed by atoms with Gasteiger partial charge in [0.2, 0.25) is 0 Å². The van der Waals surface area contributed by atoms with E-state index < -0.39 is 23.5 Å². The van der Waals surface area contributed by atoms with Crippen LogP contribution < -0.4 is 23.0 Å². The van der Waals surface area contributed by atoms with Crippen molar-refractivity contribution in [3.8, 4) is 0 Å². The molecule has 1 fully saturated rings. The van der Waals surface area contributed by atoms with Gasteiger partial charge in [0.1, 0.15) is 17.3 Å². The number of hydrogen-bond donors (Lipinski definition) is 3. The Balaban J connectivity index is 0.00000338. The number of imidazole rings is 1. The molecule has 1 aromatic rings. The first kappa shape index (κ1) is 21.9. The Morgan fingerprint density at radius 1 is 1.31 bits per heavy atom. The van der Waals surface area contributed by atoms with Crippen molar-refractivity contribution >= 4 is 17.8 Å². The molecule has 2 heterocycles. The van der Waals surface area contributed by atoms with Crippen molar-refractivity contribution in [2.45, 2.75) is 39.3 Å². The van der Waals surface area contributed by atoms with Gasteiger partial charge in [0.15, 0.2) is 5.69 Å². The fraction of sp³-hybridized carbons (Fsp3) is 0.625. The zero-order valence-corrected chi connectivity index (χ0v) is 16.2. The summed E-state index contributed by atoms with van der Waals surface area (Å²) in [6.45, 7) is 9.68. The third-order valence-corrected chi connectivity index (χ3v) is 3.67. The number of H-pyrrole nitrogens is 1. The van der Waals surface area contributed by atoms with Gasteiger partial charge >= 0.3 is 5.97 Å². The molecule has 1 saturated heterocycles. The van der Waals surface area contributed by atoms with Crippen LogP contribution in [0.2, 0.25) is 0 Å². The van der Waals surface area contributed by atoms with Gasteiger partial charge in [0.05, 0.1) is 32.5 Å². The van der Waals surface area contributed by atoms with Gasteiger partial charge in [-0.1, -0.05) is 0 Å². The van der Waals surface area contributed by atoms with Gasteiger partial charge in [-0.15, -0.1) is 0 Å². The van der Waals surface area contributed by atoms with Crippen LogP contribution in [0.5, 0.6) is 0 Å². The van der Waals surface area contributed by atoms with E-state index in [1.807, 2.05) is 0 Å². The predicted molar refractivity (Wildman–Crippen MR) is 88.9 cm³/mol. The summed E-state index contributed by atoms with van der Waals surface area (Å²) in [5, 5.41) is 4.66. The number of hydrogen-bond acceptors (Lipinski definition) is 5. The summed E-state index contributed by atoms with van der Waals surface area (Å²) in [6.07, 6.45) is 1.30. The van der Waals surface area contributed by atoms with Crippen LogP contribution in [0.3, 0.4) is 0 Å². The Bertz CT molecular complexity index is 649. The number of carbonyl (C=O) groups excluding carboxylic acids is 3. The van der Waals surface area contributed by atoms with Crippen LogP contribution in [-0.2, 0) is 9.53 Å². The predicted octanol–water partition coefficient (Wildman–Crippen LogP) is -4.11. The van der Waals surface area contributed by atoms with Crippen LogP contribution in [0.4, 0.5) is 0 Å². The topological polar surface area (TPSA) is 121 Å². The van der Waals surface area contributed by atoms with E-state index in [4.69, 9.17) is 4.74 Å². The number of halogens is 1. The Morgan fingerprint density at radius 2 is 1.92 bits per heavy atom. The fourth-order valence-corrected chi connectivity index (χ4v) is 2.46. The molecule has 0 aliphatic carbocycles. The molecule has 2 amide bonds. The molecular weight excluding hydrogens is 362 g/mol. The zero-order valence-electron chi connectivity index (χ0n) is 15.5. The number of amides is 2. The van der Waals surface area contributed by atoms with E-state index in [1.165, 1.54) is 13.3 Å². The molecule has 146 valence electrons. The third-order valence-electron chi connectivity index (χ3n) is 3.67. The van der Waals surface area contributed by atoms with E-state index >= 15 is 0 Å². The van der Waals surface area contributed by atoms with Crippen molar-refractivity contribution in [1.82, 2.24) is 20.2 Å². The third kappa shape index (κ3) is 5.70. The Labute approximate surface area is 158 Å². The monoisotopic (exact) mass is 387 g/mol. The Hall–Kier alpha value is -2.13. The molecule has 0 radical (unpaired) electrons. The summed E-state index contributed by atoms with van der Waals surface area (Å²) >= 11 is 0. The second kappa shape index (κ2) is 9.00. The minimum absolute atomic E-state index is 0. The summed E-state index contributed by atoms with van der Waals surface area (Å²) in [5.41, 5.74) is -0.528.